The quantitative estimate of drug-likeness (QED) is 0.896. The SMILES string of the molecule is CC1(C)CN(CC(=O)Nc2ccc(Cl)cc2Cl)CCC1N. The number of benzene rings is 1. The molecular formula is C15H21Cl2N3O. The van der Waals surface area contributed by atoms with Crippen molar-refractivity contribution in [2.75, 3.05) is 25.0 Å². The number of likely N-dealkylation sites (tertiary alicyclic amines) is 1. The van der Waals surface area contributed by atoms with Crippen LogP contribution >= 0.6 is 23.2 Å². The fraction of sp³-hybridized carbons (Fsp3) is 0.533. The van der Waals surface area contributed by atoms with E-state index in [0.29, 0.717) is 22.3 Å². The molecule has 0 saturated carbocycles. The number of halogens is 2. The molecule has 1 unspecified atom stereocenters. The van der Waals surface area contributed by atoms with Gasteiger partial charge in [-0.3, -0.25) is 9.69 Å². The molecule has 6 heteroatoms. The van der Waals surface area contributed by atoms with Gasteiger partial charge in [0.2, 0.25) is 5.91 Å². The Labute approximate surface area is 135 Å². The normalized spacial score (nSPS) is 22.0. The summed E-state index contributed by atoms with van der Waals surface area (Å²) < 4.78 is 0. The zero-order chi connectivity index (χ0) is 15.6. The van der Waals surface area contributed by atoms with Crippen LogP contribution in [-0.2, 0) is 4.79 Å². The maximum Gasteiger partial charge on any atom is 0.238 e. The Morgan fingerprint density at radius 1 is 1.48 bits per heavy atom. The molecule has 1 aliphatic rings. The molecule has 2 rings (SSSR count). The Morgan fingerprint density at radius 2 is 2.19 bits per heavy atom. The number of amides is 1. The molecule has 1 atom stereocenters. The number of rotatable bonds is 3. The molecule has 1 fully saturated rings. The Kier molecular flexibility index (Phi) is 5.15. The van der Waals surface area contributed by atoms with Gasteiger partial charge in [0.05, 0.1) is 17.3 Å². The molecule has 1 aromatic rings. The molecule has 1 amide bonds. The Morgan fingerprint density at radius 3 is 2.81 bits per heavy atom. The van der Waals surface area contributed by atoms with E-state index >= 15 is 0 Å². The monoisotopic (exact) mass is 329 g/mol. The smallest absolute Gasteiger partial charge is 0.238 e. The number of carbonyl (C=O) groups excluding carboxylic acids is 1. The van der Waals surface area contributed by atoms with Crippen LogP contribution in [0.2, 0.25) is 10.0 Å². The lowest BCUT2D eigenvalue weighted by Gasteiger charge is -2.42. The van der Waals surface area contributed by atoms with Gasteiger partial charge < -0.3 is 11.1 Å². The fourth-order valence-corrected chi connectivity index (χ4v) is 3.06. The summed E-state index contributed by atoms with van der Waals surface area (Å²) >= 11 is 11.9. The van der Waals surface area contributed by atoms with Gasteiger partial charge in [-0.05, 0) is 30.0 Å². The highest BCUT2D eigenvalue weighted by Crippen LogP contribution is 2.28. The first-order valence-corrected chi connectivity index (χ1v) is 7.76. The van der Waals surface area contributed by atoms with Gasteiger partial charge in [0.1, 0.15) is 0 Å². The highest BCUT2D eigenvalue weighted by molar-refractivity contribution is 6.36. The largest absolute Gasteiger partial charge is 0.327 e. The summed E-state index contributed by atoms with van der Waals surface area (Å²) in [5.41, 5.74) is 6.71. The van der Waals surface area contributed by atoms with Gasteiger partial charge in [0, 0.05) is 24.2 Å². The van der Waals surface area contributed by atoms with E-state index in [-0.39, 0.29) is 17.4 Å². The zero-order valence-corrected chi connectivity index (χ0v) is 13.8. The fourth-order valence-electron chi connectivity index (χ4n) is 2.60. The average Bonchev–Trinajstić information content (AvgIpc) is 2.37. The van der Waals surface area contributed by atoms with E-state index in [1.807, 2.05) is 0 Å². The number of carbonyl (C=O) groups is 1. The number of hydrogen-bond acceptors (Lipinski definition) is 3. The van der Waals surface area contributed by atoms with Gasteiger partial charge in [-0.15, -0.1) is 0 Å². The van der Waals surface area contributed by atoms with E-state index in [2.05, 4.69) is 24.1 Å². The van der Waals surface area contributed by atoms with Crippen LogP contribution in [0, 0.1) is 5.41 Å². The van der Waals surface area contributed by atoms with Crippen molar-refractivity contribution in [2.24, 2.45) is 11.1 Å². The topological polar surface area (TPSA) is 58.4 Å². The number of hydrogen-bond donors (Lipinski definition) is 2. The van der Waals surface area contributed by atoms with Gasteiger partial charge in [0.15, 0.2) is 0 Å². The standard InChI is InChI=1S/C15H21Cl2N3O/c1-15(2)9-20(6-5-13(15)18)8-14(21)19-12-4-3-10(16)7-11(12)17/h3-4,7,13H,5-6,8-9,18H2,1-2H3,(H,19,21). The minimum atomic E-state index is -0.0782. The minimum Gasteiger partial charge on any atom is -0.327 e. The van der Waals surface area contributed by atoms with E-state index in [1.165, 1.54) is 0 Å². The maximum absolute atomic E-state index is 12.1. The van der Waals surface area contributed by atoms with Crippen molar-refractivity contribution in [3.63, 3.8) is 0 Å². The van der Waals surface area contributed by atoms with Crippen molar-refractivity contribution in [3.05, 3.63) is 28.2 Å². The summed E-state index contributed by atoms with van der Waals surface area (Å²) in [6, 6.07) is 5.20. The lowest BCUT2D eigenvalue weighted by Crippen LogP contribution is -2.53. The Hall–Kier alpha value is -0.810. The van der Waals surface area contributed by atoms with Crippen molar-refractivity contribution < 1.29 is 4.79 Å². The van der Waals surface area contributed by atoms with Crippen LogP contribution < -0.4 is 11.1 Å². The maximum atomic E-state index is 12.1. The minimum absolute atomic E-state index is 0.0243. The summed E-state index contributed by atoms with van der Waals surface area (Å²) in [4.78, 5) is 14.3. The van der Waals surface area contributed by atoms with Crippen LogP contribution in [0.5, 0.6) is 0 Å². The van der Waals surface area contributed by atoms with Gasteiger partial charge in [-0.25, -0.2) is 0 Å². The highest BCUT2D eigenvalue weighted by atomic mass is 35.5. The van der Waals surface area contributed by atoms with Crippen LogP contribution in [0.4, 0.5) is 5.69 Å². The molecule has 1 saturated heterocycles. The molecule has 0 aliphatic carbocycles. The van der Waals surface area contributed by atoms with Crippen molar-refractivity contribution in [1.82, 2.24) is 4.90 Å². The molecule has 4 nitrogen and oxygen atoms in total. The van der Waals surface area contributed by atoms with E-state index in [4.69, 9.17) is 28.9 Å². The van der Waals surface area contributed by atoms with Crippen molar-refractivity contribution in [1.29, 1.82) is 0 Å². The Bertz CT molecular complexity index is 534. The Balaban J connectivity index is 1.93. The van der Waals surface area contributed by atoms with Gasteiger partial charge in [-0.1, -0.05) is 37.0 Å². The molecule has 21 heavy (non-hydrogen) atoms. The van der Waals surface area contributed by atoms with E-state index < -0.39 is 0 Å². The molecule has 1 aromatic carbocycles. The zero-order valence-electron chi connectivity index (χ0n) is 12.3. The number of nitrogens with one attached hydrogen (secondary N) is 1. The van der Waals surface area contributed by atoms with Gasteiger partial charge >= 0.3 is 0 Å². The summed E-state index contributed by atoms with van der Waals surface area (Å²) in [5, 5.41) is 3.81. The summed E-state index contributed by atoms with van der Waals surface area (Å²) in [7, 11) is 0. The predicted molar refractivity (Wildman–Crippen MR) is 87.9 cm³/mol. The summed E-state index contributed by atoms with van der Waals surface area (Å²) in [6.07, 6.45) is 0.905. The van der Waals surface area contributed by atoms with Crippen molar-refractivity contribution in [3.8, 4) is 0 Å². The first kappa shape index (κ1) is 16.6. The number of anilines is 1. The van der Waals surface area contributed by atoms with E-state index in [0.717, 1.165) is 19.5 Å². The van der Waals surface area contributed by atoms with Gasteiger partial charge in [0.25, 0.3) is 0 Å². The first-order valence-electron chi connectivity index (χ1n) is 7.01. The summed E-state index contributed by atoms with van der Waals surface area (Å²) in [6.45, 7) is 6.27. The predicted octanol–water partition coefficient (Wildman–Crippen LogP) is 2.99. The van der Waals surface area contributed by atoms with Crippen molar-refractivity contribution >= 4 is 34.8 Å². The number of nitrogens with zero attached hydrogens (tertiary/aromatic N) is 1. The van der Waals surface area contributed by atoms with E-state index in [1.54, 1.807) is 18.2 Å². The van der Waals surface area contributed by atoms with Crippen molar-refractivity contribution in [2.45, 2.75) is 26.3 Å². The average molecular weight is 330 g/mol. The van der Waals surface area contributed by atoms with Crippen LogP contribution in [0.1, 0.15) is 20.3 Å². The second kappa shape index (κ2) is 6.53. The first-order chi connectivity index (χ1) is 9.78. The molecule has 1 heterocycles. The molecule has 1 aliphatic heterocycles. The van der Waals surface area contributed by atoms with Crippen LogP contribution in [0.3, 0.4) is 0 Å². The lowest BCUT2D eigenvalue weighted by atomic mass is 9.80. The van der Waals surface area contributed by atoms with E-state index in [9.17, 15) is 4.79 Å². The number of piperidine rings is 1. The summed E-state index contributed by atoms with van der Waals surface area (Å²) in [5.74, 6) is -0.0782. The number of nitrogens with two attached hydrogens (primary N) is 1. The van der Waals surface area contributed by atoms with Gasteiger partial charge in [-0.2, -0.15) is 0 Å². The van der Waals surface area contributed by atoms with Crippen LogP contribution in [-0.4, -0.2) is 36.5 Å². The molecule has 0 bridgehead atoms. The second-order valence-electron chi connectivity index (χ2n) is 6.27. The molecular weight excluding hydrogens is 309 g/mol. The highest BCUT2D eigenvalue weighted by Gasteiger charge is 2.33. The molecule has 0 spiro atoms. The third kappa shape index (κ3) is 4.33. The van der Waals surface area contributed by atoms with Crippen LogP contribution in [0.25, 0.3) is 0 Å². The molecule has 116 valence electrons. The second-order valence-corrected chi connectivity index (χ2v) is 7.11. The molecule has 0 aromatic heterocycles. The molecule has 3 N–H and O–H groups in total. The molecule has 0 radical (unpaired) electrons. The third-order valence-corrected chi connectivity index (χ3v) is 4.51. The van der Waals surface area contributed by atoms with Crippen LogP contribution in [0.15, 0.2) is 18.2 Å². The third-order valence-electron chi connectivity index (χ3n) is 3.96. The lowest BCUT2D eigenvalue weighted by molar-refractivity contribution is -0.118.